The molecule has 0 N–H and O–H groups in total. The molecule has 0 aliphatic carbocycles. The van der Waals surface area contributed by atoms with Crippen LogP contribution in [0.1, 0.15) is 5.56 Å². The topological polar surface area (TPSA) is 37.4 Å². The van der Waals surface area contributed by atoms with Crippen molar-refractivity contribution >= 4 is 51.0 Å². The zero-order chi connectivity index (χ0) is 15.7. The van der Waals surface area contributed by atoms with Crippen LogP contribution in [-0.4, -0.2) is 18.2 Å². The molecule has 3 rings (SSSR count). The number of carbonyl (C=O) groups is 2. The normalized spacial score (nSPS) is 16.6. The van der Waals surface area contributed by atoms with Crippen molar-refractivity contribution in [1.82, 2.24) is 0 Å². The Balaban J connectivity index is 1.89. The second-order valence-corrected chi connectivity index (χ2v) is 6.27. The number of anilines is 1. The van der Waals surface area contributed by atoms with E-state index < -0.39 is 11.7 Å². The third kappa shape index (κ3) is 2.98. The van der Waals surface area contributed by atoms with Gasteiger partial charge < -0.3 is 4.90 Å². The third-order valence-corrected chi connectivity index (χ3v) is 4.19. The summed E-state index contributed by atoms with van der Waals surface area (Å²) in [5.74, 6) is -0.958. The fraction of sp³-hybridized carbons (Fsp3) is 0.0588. The molecule has 0 bridgehead atoms. The lowest BCUT2D eigenvalue weighted by Gasteiger charge is -2.14. The van der Waals surface area contributed by atoms with Crippen LogP contribution >= 0.6 is 27.5 Å². The molecule has 2 aromatic carbocycles. The minimum Gasteiger partial charge on any atom is -0.301 e. The van der Waals surface area contributed by atoms with Crippen LogP contribution in [0.4, 0.5) is 5.69 Å². The lowest BCUT2D eigenvalue weighted by Crippen LogP contribution is -2.26. The highest BCUT2D eigenvalue weighted by Crippen LogP contribution is 2.25. The quantitative estimate of drug-likeness (QED) is 0.584. The van der Waals surface area contributed by atoms with Crippen molar-refractivity contribution in [2.45, 2.75) is 0 Å². The summed E-state index contributed by atoms with van der Waals surface area (Å²) >= 11 is 9.19. The van der Waals surface area contributed by atoms with Crippen LogP contribution in [0.15, 0.2) is 58.6 Å². The second kappa shape index (κ2) is 6.07. The van der Waals surface area contributed by atoms with Gasteiger partial charge in [0.05, 0.1) is 6.54 Å². The maximum Gasteiger partial charge on any atom is 0.299 e. The van der Waals surface area contributed by atoms with Gasteiger partial charge in [-0.2, -0.15) is 0 Å². The van der Waals surface area contributed by atoms with Crippen LogP contribution < -0.4 is 4.90 Å². The number of carbonyl (C=O) groups excluding carboxylic acids is 2. The Morgan fingerprint density at radius 1 is 1.00 bits per heavy atom. The lowest BCUT2D eigenvalue weighted by molar-refractivity contribution is -0.132. The number of nitrogens with zero attached hydrogens (tertiary/aromatic N) is 1. The molecule has 0 radical (unpaired) electrons. The molecule has 0 unspecified atom stereocenters. The number of rotatable bonds is 2. The molecule has 5 heteroatoms. The van der Waals surface area contributed by atoms with Crippen LogP contribution in [0.2, 0.25) is 5.02 Å². The Kier molecular flexibility index (Phi) is 4.14. The molecular formula is C17H11BrClNO2. The zero-order valence-corrected chi connectivity index (χ0v) is 13.8. The monoisotopic (exact) mass is 375 g/mol. The average Bonchev–Trinajstić information content (AvgIpc) is 2.79. The zero-order valence-electron chi connectivity index (χ0n) is 11.4. The number of benzene rings is 2. The van der Waals surface area contributed by atoms with Gasteiger partial charge >= 0.3 is 0 Å². The highest BCUT2D eigenvalue weighted by Gasteiger charge is 2.34. The summed E-state index contributed by atoms with van der Waals surface area (Å²) in [6.07, 6.45) is 1.73. The van der Waals surface area contributed by atoms with Crippen molar-refractivity contribution in [2.75, 3.05) is 11.4 Å². The standard InChI is InChI=1S/C17H11BrClNO2/c18-13-3-7-15(8-4-13)20-10-12(16(21)17(20)22)9-11-1-5-14(19)6-2-11/h1-9H,10H2/b12-9+. The van der Waals surface area contributed by atoms with E-state index in [2.05, 4.69) is 15.9 Å². The predicted molar refractivity (Wildman–Crippen MR) is 90.9 cm³/mol. The van der Waals surface area contributed by atoms with Crippen LogP contribution in [0.5, 0.6) is 0 Å². The maximum absolute atomic E-state index is 12.1. The Morgan fingerprint density at radius 2 is 1.64 bits per heavy atom. The molecule has 1 aliphatic rings. The molecule has 1 fully saturated rings. The molecule has 1 saturated heterocycles. The number of hydrogen-bond donors (Lipinski definition) is 0. The maximum atomic E-state index is 12.1. The van der Waals surface area contributed by atoms with Gasteiger partial charge in [0.1, 0.15) is 0 Å². The Labute approximate surface area is 141 Å². The summed E-state index contributed by atoms with van der Waals surface area (Å²) in [5.41, 5.74) is 2.04. The first kappa shape index (κ1) is 15.0. The van der Waals surface area contributed by atoms with E-state index in [1.807, 2.05) is 24.3 Å². The van der Waals surface area contributed by atoms with Gasteiger partial charge in [0.25, 0.3) is 5.91 Å². The second-order valence-electron chi connectivity index (χ2n) is 4.92. The van der Waals surface area contributed by atoms with Gasteiger partial charge in [-0.15, -0.1) is 0 Å². The van der Waals surface area contributed by atoms with E-state index in [1.54, 1.807) is 30.3 Å². The fourth-order valence-corrected chi connectivity index (χ4v) is 2.67. The van der Waals surface area contributed by atoms with Gasteiger partial charge in [0.2, 0.25) is 5.78 Å². The van der Waals surface area contributed by atoms with Gasteiger partial charge in [-0.1, -0.05) is 39.7 Å². The van der Waals surface area contributed by atoms with Crippen LogP contribution in [-0.2, 0) is 9.59 Å². The summed E-state index contributed by atoms with van der Waals surface area (Å²) in [6, 6.07) is 14.4. The molecule has 0 saturated carbocycles. The Morgan fingerprint density at radius 3 is 2.27 bits per heavy atom. The average molecular weight is 377 g/mol. The Bertz CT molecular complexity index is 766. The molecule has 2 aromatic rings. The highest BCUT2D eigenvalue weighted by atomic mass is 79.9. The molecule has 0 spiro atoms. The number of amides is 1. The first-order valence-corrected chi connectivity index (χ1v) is 7.79. The summed E-state index contributed by atoms with van der Waals surface area (Å²) < 4.78 is 0.922. The molecular weight excluding hydrogens is 366 g/mol. The molecule has 110 valence electrons. The number of halogens is 2. The van der Waals surface area contributed by atoms with Crippen molar-refractivity contribution in [2.24, 2.45) is 0 Å². The summed E-state index contributed by atoms with van der Waals surface area (Å²) in [4.78, 5) is 25.8. The van der Waals surface area contributed by atoms with Crippen LogP contribution in [0, 0.1) is 0 Å². The molecule has 3 nitrogen and oxygen atoms in total. The van der Waals surface area contributed by atoms with Gasteiger partial charge in [0, 0.05) is 20.8 Å². The van der Waals surface area contributed by atoms with E-state index in [-0.39, 0.29) is 6.54 Å². The van der Waals surface area contributed by atoms with E-state index in [0.717, 1.165) is 10.0 Å². The molecule has 0 atom stereocenters. The Hall–Kier alpha value is -1.91. The van der Waals surface area contributed by atoms with Gasteiger partial charge in [-0.05, 0) is 48.0 Å². The van der Waals surface area contributed by atoms with E-state index in [1.165, 1.54) is 4.90 Å². The van der Waals surface area contributed by atoms with Crippen molar-refractivity contribution in [3.63, 3.8) is 0 Å². The van der Waals surface area contributed by atoms with Crippen LogP contribution in [0.3, 0.4) is 0 Å². The first-order chi connectivity index (χ1) is 10.5. The summed E-state index contributed by atoms with van der Waals surface area (Å²) in [5, 5.41) is 0.632. The van der Waals surface area contributed by atoms with E-state index in [0.29, 0.717) is 16.3 Å². The van der Waals surface area contributed by atoms with Crippen molar-refractivity contribution < 1.29 is 9.59 Å². The van der Waals surface area contributed by atoms with Gasteiger partial charge in [-0.3, -0.25) is 9.59 Å². The van der Waals surface area contributed by atoms with E-state index in [4.69, 9.17) is 11.6 Å². The molecule has 0 aromatic heterocycles. The number of Topliss-reactive ketones (excluding diaryl/α,β-unsaturated/α-hetero) is 1. The number of hydrogen-bond acceptors (Lipinski definition) is 2. The summed E-state index contributed by atoms with van der Waals surface area (Å²) in [7, 11) is 0. The van der Waals surface area contributed by atoms with Crippen molar-refractivity contribution in [1.29, 1.82) is 0 Å². The minimum absolute atomic E-state index is 0.280. The van der Waals surface area contributed by atoms with Gasteiger partial charge in [-0.25, -0.2) is 0 Å². The number of ketones is 1. The fourth-order valence-electron chi connectivity index (χ4n) is 2.27. The molecule has 1 aliphatic heterocycles. The van der Waals surface area contributed by atoms with Gasteiger partial charge in [0.15, 0.2) is 0 Å². The molecule has 1 amide bonds. The lowest BCUT2D eigenvalue weighted by atomic mass is 10.1. The van der Waals surface area contributed by atoms with Crippen molar-refractivity contribution in [3.05, 3.63) is 69.2 Å². The minimum atomic E-state index is -0.498. The van der Waals surface area contributed by atoms with E-state index in [9.17, 15) is 9.59 Å². The smallest absolute Gasteiger partial charge is 0.299 e. The van der Waals surface area contributed by atoms with Crippen molar-refractivity contribution in [3.8, 4) is 0 Å². The van der Waals surface area contributed by atoms with E-state index >= 15 is 0 Å². The largest absolute Gasteiger partial charge is 0.301 e. The SMILES string of the molecule is O=C1C(=O)N(c2ccc(Br)cc2)C/C1=C\c1ccc(Cl)cc1. The molecule has 22 heavy (non-hydrogen) atoms. The first-order valence-electron chi connectivity index (χ1n) is 6.62. The third-order valence-electron chi connectivity index (χ3n) is 3.41. The highest BCUT2D eigenvalue weighted by molar-refractivity contribution is 9.10. The predicted octanol–water partition coefficient (Wildman–Crippen LogP) is 4.10. The molecule has 1 heterocycles. The van der Waals surface area contributed by atoms with Crippen LogP contribution in [0.25, 0.3) is 6.08 Å². The summed E-state index contributed by atoms with van der Waals surface area (Å²) in [6.45, 7) is 0.280.